The van der Waals surface area contributed by atoms with Crippen LogP contribution in [0.25, 0.3) is 11.1 Å². The van der Waals surface area contributed by atoms with E-state index in [0.717, 1.165) is 12.3 Å². The molecule has 140 valence electrons. The summed E-state index contributed by atoms with van der Waals surface area (Å²) in [5.41, 5.74) is 1.89. The zero-order valence-corrected chi connectivity index (χ0v) is 16.1. The van der Waals surface area contributed by atoms with Gasteiger partial charge in [-0.25, -0.2) is 8.78 Å². The second-order valence-electron chi connectivity index (χ2n) is 7.19. The molecule has 0 spiro atoms. The second-order valence-corrected chi connectivity index (χ2v) is 7.38. The molecule has 0 saturated heterocycles. The minimum absolute atomic E-state index is 0.0296. The molecule has 0 aromatic heterocycles. The van der Waals surface area contributed by atoms with Gasteiger partial charge < -0.3 is 0 Å². The zero-order chi connectivity index (χ0) is 19.2. The first-order valence-electron chi connectivity index (χ1n) is 9.40. The van der Waals surface area contributed by atoms with E-state index in [-0.39, 0.29) is 11.3 Å². The molecule has 27 heavy (non-hydrogen) atoms. The third-order valence-corrected chi connectivity index (χ3v) is 5.59. The molecule has 0 radical (unpaired) electrons. The third kappa shape index (κ3) is 4.77. The fourth-order valence-electron chi connectivity index (χ4n) is 4.01. The maximum atomic E-state index is 14.4. The van der Waals surface area contributed by atoms with Crippen molar-refractivity contribution >= 4 is 23.1 Å². The Morgan fingerprint density at radius 2 is 1.70 bits per heavy atom. The van der Waals surface area contributed by atoms with Crippen LogP contribution in [0.1, 0.15) is 50.0 Å². The summed E-state index contributed by atoms with van der Waals surface area (Å²) < 4.78 is 28.7. The molecule has 0 amide bonds. The van der Waals surface area contributed by atoms with Gasteiger partial charge in [0.05, 0.1) is 16.4 Å². The third-order valence-electron chi connectivity index (χ3n) is 5.50. The maximum absolute atomic E-state index is 14.4. The van der Waals surface area contributed by atoms with Crippen molar-refractivity contribution in [1.82, 2.24) is 0 Å². The average molecular weight is 384 g/mol. The summed E-state index contributed by atoms with van der Waals surface area (Å²) in [5.74, 6) is 0.0484. The van der Waals surface area contributed by atoms with Gasteiger partial charge in [0.2, 0.25) is 0 Å². The Morgan fingerprint density at radius 3 is 2.26 bits per heavy atom. The number of aliphatic imine (C=N–C) groups is 1. The standard InChI is InChI=1S/C23H23F2NS/c1-2-3-4-16-5-7-17(8-6-16)18-9-11-19(12-10-18)23-21(24)13-20(26-15-27)14-22(23)25/h2,9-14,16-17H,1,3-8H2. The largest absolute Gasteiger partial charge is 0.206 e. The first kappa shape index (κ1) is 19.6. The van der Waals surface area contributed by atoms with Gasteiger partial charge in [0, 0.05) is 12.1 Å². The number of hydrogen-bond acceptors (Lipinski definition) is 2. The van der Waals surface area contributed by atoms with Gasteiger partial charge in [0.25, 0.3) is 0 Å². The van der Waals surface area contributed by atoms with Crippen LogP contribution in [0.5, 0.6) is 0 Å². The number of thiocarbonyl (C=S) groups is 1. The highest BCUT2D eigenvalue weighted by molar-refractivity contribution is 7.78. The molecule has 2 aromatic carbocycles. The van der Waals surface area contributed by atoms with Crippen LogP contribution in [0.2, 0.25) is 0 Å². The van der Waals surface area contributed by atoms with E-state index in [0.29, 0.717) is 11.5 Å². The minimum Gasteiger partial charge on any atom is -0.206 e. The van der Waals surface area contributed by atoms with Crippen molar-refractivity contribution in [2.45, 2.75) is 44.4 Å². The van der Waals surface area contributed by atoms with Crippen LogP contribution >= 0.6 is 12.2 Å². The number of benzene rings is 2. The molecule has 0 heterocycles. The lowest BCUT2D eigenvalue weighted by Crippen LogP contribution is -2.13. The van der Waals surface area contributed by atoms with Crippen LogP contribution in [0.4, 0.5) is 14.5 Å². The van der Waals surface area contributed by atoms with Crippen molar-refractivity contribution in [3.63, 3.8) is 0 Å². The predicted molar refractivity (Wildman–Crippen MR) is 111 cm³/mol. The Labute approximate surface area is 164 Å². The highest BCUT2D eigenvalue weighted by Crippen LogP contribution is 2.38. The topological polar surface area (TPSA) is 12.4 Å². The molecule has 4 heteroatoms. The summed E-state index contributed by atoms with van der Waals surface area (Å²) in [7, 11) is 0. The molecular weight excluding hydrogens is 360 g/mol. The number of rotatable bonds is 6. The molecule has 2 aromatic rings. The van der Waals surface area contributed by atoms with E-state index >= 15 is 0 Å². The molecule has 0 atom stereocenters. The van der Waals surface area contributed by atoms with Gasteiger partial charge in [-0.3, -0.25) is 0 Å². The molecular formula is C23H23F2NS. The average Bonchev–Trinajstić information content (AvgIpc) is 2.67. The predicted octanol–water partition coefficient (Wildman–Crippen LogP) is 7.61. The smallest absolute Gasteiger partial charge is 0.136 e. The van der Waals surface area contributed by atoms with Crippen molar-refractivity contribution in [3.05, 3.63) is 66.3 Å². The van der Waals surface area contributed by atoms with Gasteiger partial charge in [-0.1, -0.05) is 30.3 Å². The molecule has 1 saturated carbocycles. The SMILES string of the molecule is C=CCCC1CCC(c2ccc(-c3c(F)cc(N=C=S)cc3F)cc2)CC1. The summed E-state index contributed by atoms with van der Waals surface area (Å²) >= 11 is 4.49. The molecule has 1 aliphatic carbocycles. The molecule has 1 aliphatic rings. The Hall–Kier alpha value is -2.16. The van der Waals surface area contributed by atoms with Crippen LogP contribution in [0, 0.1) is 17.6 Å². The Morgan fingerprint density at radius 1 is 1.07 bits per heavy atom. The summed E-state index contributed by atoms with van der Waals surface area (Å²) in [6.07, 6.45) is 9.16. The summed E-state index contributed by atoms with van der Waals surface area (Å²) in [6.45, 7) is 3.80. The maximum Gasteiger partial charge on any atom is 0.136 e. The van der Waals surface area contributed by atoms with Crippen LogP contribution in [-0.4, -0.2) is 5.16 Å². The van der Waals surface area contributed by atoms with Gasteiger partial charge in [-0.15, -0.1) is 6.58 Å². The number of isothiocyanates is 1. The Balaban J connectivity index is 1.73. The number of hydrogen-bond donors (Lipinski definition) is 0. The van der Waals surface area contributed by atoms with Crippen molar-refractivity contribution in [3.8, 4) is 11.1 Å². The van der Waals surface area contributed by atoms with Crippen LogP contribution in [-0.2, 0) is 0 Å². The quantitative estimate of drug-likeness (QED) is 0.284. The molecule has 1 nitrogen and oxygen atoms in total. The Bertz CT molecular complexity index is 822. The number of nitrogens with zero attached hydrogens (tertiary/aromatic N) is 1. The van der Waals surface area contributed by atoms with Crippen LogP contribution < -0.4 is 0 Å². The molecule has 0 bridgehead atoms. The van der Waals surface area contributed by atoms with Crippen molar-refractivity contribution in [2.75, 3.05) is 0 Å². The van der Waals surface area contributed by atoms with Gasteiger partial charge >= 0.3 is 0 Å². The summed E-state index contributed by atoms with van der Waals surface area (Å²) in [4.78, 5) is 3.64. The van der Waals surface area contributed by atoms with E-state index < -0.39 is 11.6 Å². The van der Waals surface area contributed by atoms with Crippen molar-refractivity contribution < 1.29 is 8.78 Å². The van der Waals surface area contributed by atoms with E-state index in [9.17, 15) is 8.78 Å². The van der Waals surface area contributed by atoms with Crippen LogP contribution in [0.3, 0.4) is 0 Å². The highest BCUT2D eigenvalue weighted by Gasteiger charge is 2.22. The lowest BCUT2D eigenvalue weighted by molar-refractivity contribution is 0.312. The van der Waals surface area contributed by atoms with Gasteiger partial charge in [0.1, 0.15) is 11.6 Å². The molecule has 0 aliphatic heterocycles. The summed E-state index contributed by atoms with van der Waals surface area (Å²) in [5, 5.41) is 2.13. The lowest BCUT2D eigenvalue weighted by Gasteiger charge is -2.28. The number of halogens is 2. The zero-order valence-electron chi connectivity index (χ0n) is 15.3. The second kappa shape index (κ2) is 9.16. The minimum atomic E-state index is -0.644. The fourth-order valence-corrected chi connectivity index (χ4v) is 4.12. The number of allylic oxidation sites excluding steroid dienone is 1. The molecule has 0 unspecified atom stereocenters. The summed E-state index contributed by atoms with van der Waals surface area (Å²) in [6, 6.07) is 9.98. The van der Waals surface area contributed by atoms with E-state index in [1.807, 2.05) is 30.3 Å². The van der Waals surface area contributed by atoms with Gasteiger partial charge in [-0.05, 0) is 73.7 Å². The van der Waals surface area contributed by atoms with Crippen molar-refractivity contribution in [2.24, 2.45) is 10.9 Å². The normalized spacial score (nSPS) is 19.3. The first-order chi connectivity index (χ1) is 13.1. The fraction of sp³-hybridized carbons (Fsp3) is 0.348. The monoisotopic (exact) mass is 383 g/mol. The van der Waals surface area contributed by atoms with E-state index in [1.54, 1.807) is 0 Å². The Kier molecular flexibility index (Phi) is 6.65. The van der Waals surface area contributed by atoms with E-state index in [2.05, 4.69) is 29.0 Å². The molecule has 3 rings (SSSR count). The lowest BCUT2D eigenvalue weighted by atomic mass is 9.77. The molecule has 1 fully saturated rings. The van der Waals surface area contributed by atoms with Gasteiger partial charge in [0.15, 0.2) is 0 Å². The van der Waals surface area contributed by atoms with Gasteiger partial charge in [-0.2, -0.15) is 4.99 Å². The van der Waals surface area contributed by atoms with E-state index in [1.165, 1.54) is 49.8 Å². The van der Waals surface area contributed by atoms with E-state index in [4.69, 9.17) is 0 Å². The molecule has 0 N–H and O–H groups in total. The van der Waals surface area contributed by atoms with Crippen molar-refractivity contribution in [1.29, 1.82) is 0 Å². The highest BCUT2D eigenvalue weighted by atomic mass is 32.1. The van der Waals surface area contributed by atoms with Crippen LogP contribution in [0.15, 0.2) is 54.0 Å². The first-order valence-corrected chi connectivity index (χ1v) is 9.81.